The maximum Gasteiger partial charge on any atom is 0.236 e. The molecule has 5 heteroatoms. The fraction of sp³-hybridized carbons (Fsp3) is 0.833. The average molecular weight is 243 g/mol. The van der Waals surface area contributed by atoms with Crippen LogP contribution in [0.2, 0.25) is 0 Å². The Morgan fingerprint density at radius 3 is 2.47 bits per heavy atom. The molecule has 0 aliphatic carbocycles. The van der Waals surface area contributed by atoms with Gasteiger partial charge in [0, 0.05) is 13.0 Å². The van der Waals surface area contributed by atoms with E-state index in [1.165, 1.54) is 0 Å². The van der Waals surface area contributed by atoms with Crippen LogP contribution < -0.4 is 16.4 Å². The van der Waals surface area contributed by atoms with Crippen LogP contribution in [0.5, 0.6) is 0 Å². The maximum atomic E-state index is 11.6. The first-order valence-corrected chi connectivity index (χ1v) is 6.37. The molecule has 0 rings (SSSR count). The number of hydrogen-bond acceptors (Lipinski definition) is 3. The minimum absolute atomic E-state index is 0.0141. The van der Waals surface area contributed by atoms with Crippen molar-refractivity contribution in [3.05, 3.63) is 0 Å². The molecule has 0 saturated carbocycles. The first-order chi connectivity index (χ1) is 8.07. The minimum Gasteiger partial charge on any atom is -0.370 e. The second-order valence-electron chi connectivity index (χ2n) is 4.24. The molecule has 1 unspecified atom stereocenters. The molecule has 0 spiro atoms. The van der Waals surface area contributed by atoms with Crippen LogP contribution in [0.1, 0.15) is 46.0 Å². The molecule has 0 aromatic rings. The van der Waals surface area contributed by atoms with Gasteiger partial charge in [0.1, 0.15) is 0 Å². The predicted octanol–water partition coefficient (Wildman–Crippen LogP) is 0.536. The SMILES string of the molecule is CCCCCNC(=O)C(C)NCCCC(N)=O. The lowest BCUT2D eigenvalue weighted by Gasteiger charge is -2.13. The van der Waals surface area contributed by atoms with Gasteiger partial charge in [-0.3, -0.25) is 9.59 Å². The first kappa shape index (κ1) is 15.9. The highest BCUT2D eigenvalue weighted by atomic mass is 16.2. The summed E-state index contributed by atoms with van der Waals surface area (Å²) < 4.78 is 0. The molecule has 1 atom stereocenters. The van der Waals surface area contributed by atoms with E-state index in [1.54, 1.807) is 0 Å². The second-order valence-corrected chi connectivity index (χ2v) is 4.24. The van der Waals surface area contributed by atoms with Crippen LogP contribution in [-0.4, -0.2) is 30.9 Å². The monoisotopic (exact) mass is 243 g/mol. The van der Waals surface area contributed by atoms with Gasteiger partial charge >= 0.3 is 0 Å². The van der Waals surface area contributed by atoms with Crippen LogP contribution >= 0.6 is 0 Å². The number of nitrogens with one attached hydrogen (secondary N) is 2. The van der Waals surface area contributed by atoms with Gasteiger partial charge in [0.15, 0.2) is 0 Å². The van der Waals surface area contributed by atoms with Gasteiger partial charge in [-0.1, -0.05) is 19.8 Å². The lowest BCUT2D eigenvalue weighted by Crippen LogP contribution is -2.42. The van der Waals surface area contributed by atoms with E-state index < -0.39 is 0 Å². The number of hydrogen-bond donors (Lipinski definition) is 3. The van der Waals surface area contributed by atoms with Crippen LogP contribution in [0.25, 0.3) is 0 Å². The zero-order chi connectivity index (χ0) is 13.1. The summed E-state index contributed by atoms with van der Waals surface area (Å²) in [6.45, 7) is 5.32. The molecule has 0 aliphatic rings. The molecule has 0 saturated heterocycles. The Bertz CT molecular complexity index is 232. The Morgan fingerprint density at radius 1 is 1.18 bits per heavy atom. The van der Waals surface area contributed by atoms with E-state index in [2.05, 4.69) is 17.6 Å². The van der Waals surface area contributed by atoms with Crippen molar-refractivity contribution < 1.29 is 9.59 Å². The minimum atomic E-state index is -0.302. The zero-order valence-corrected chi connectivity index (χ0v) is 10.9. The van der Waals surface area contributed by atoms with E-state index in [0.717, 1.165) is 25.8 Å². The van der Waals surface area contributed by atoms with Crippen molar-refractivity contribution in [3.8, 4) is 0 Å². The van der Waals surface area contributed by atoms with E-state index >= 15 is 0 Å². The number of primary amides is 1. The molecule has 0 radical (unpaired) electrons. The molecule has 0 heterocycles. The Balaban J connectivity index is 3.50. The largest absolute Gasteiger partial charge is 0.370 e. The number of unbranched alkanes of at least 4 members (excludes halogenated alkanes) is 2. The Hall–Kier alpha value is -1.10. The average Bonchev–Trinajstić information content (AvgIpc) is 2.29. The summed E-state index contributed by atoms with van der Waals surface area (Å²) in [6, 6.07) is -0.218. The molecule has 2 amide bonds. The standard InChI is InChI=1S/C12H25N3O2/c1-3-4-5-8-15-12(17)10(2)14-9-6-7-11(13)16/h10,14H,3-9H2,1-2H3,(H2,13,16)(H,15,17). The summed E-state index contributed by atoms with van der Waals surface area (Å²) in [6.07, 6.45) is 4.34. The smallest absolute Gasteiger partial charge is 0.236 e. The first-order valence-electron chi connectivity index (χ1n) is 6.37. The predicted molar refractivity (Wildman–Crippen MR) is 68.4 cm³/mol. The van der Waals surface area contributed by atoms with Crippen molar-refractivity contribution in [2.24, 2.45) is 5.73 Å². The van der Waals surface area contributed by atoms with Crippen molar-refractivity contribution in [3.63, 3.8) is 0 Å². The summed E-state index contributed by atoms with van der Waals surface area (Å²) in [7, 11) is 0. The third-order valence-corrected chi connectivity index (χ3v) is 2.52. The fourth-order valence-electron chi connectivity index (χ4n) is 1.41. The van der Waals surface area contributed by atoms with Crippen LogP contribution in [-0.2, 0) is 9.59 Å². The Kier molecular flexibility index (Phi) is 9.43. The molecular weight excluding hydrogens is 218 g/mol. The summed E-state index contributed by atoms with van der Waals surface area (Å²) >= 11 is 0. The second kappa shape index (κ2) is 10.1. The molecule has 0 bridgehead atoms. The molecule has 5 nitrogen and oxygen atoms in total. The van der Waals surface area contributed by atoms with Gasteiger partial charge in [0.2, 0.25) is 11.8 Å². The quantitative estimate of drug-likeness (QED) is 0.489. The number of carbonyl (C=O) groups is 2. The highest BCUT2D eigenvalue weighted by Crippen LogP contribution is 1.92. The van der Waals surface area contributed by atoms with Gasteiger partial charge < -0.3 is 16.4 Å². The highest BCUT2D eigenvalue weighted by molar-refractivity contribution is 5.81. The number of rotatable bonds is 10. The van der Waals surface area contributed by atoms with E-state index in [-0.39, 0.29) is 17.9 Å². The number of nitrogens with two attached hydrogens (primary N) is 1. The molecule has 4 N–H and O–H groups in total. The third kappa shape index (κ3) is 9.81. The van der Waals surface area contributed by atoms with E-state index in [9.17, 15) is 9.59 Å². The fourth-order valence-corrected chi connectivity index (χ4v) is 1.41. The molecule has 0 aliphatic heterocycles. The molecular formula is C12H25N3O2. The Labute approximate surface area is 104 Å². The van der Waals surface area contributed by atoms with Crippen LogP contribution in [0.3, 0.4) is 0 Å². The lowest BCUT2D eigenvalue weighted by atomic mass is 10.2. The zero-order valence-electron chi connectivity index (χ0n) is 10.9. The molecule has 0 aromatic heterocycles. The van der Waals surface area contributed by atoms with Gasteiger partial charge in [0.05, 0.1) is 6.04 Å². The number of carbonyl (C=O) groups excluding carboxylic acids is 2. The summed E-state index contributed by atoms with van der Waals surface area (Å²) in [4.78, 5) is 22.1. The highest BCUT2D eigenvalue weighted by Gasteiger charge is 2.10. The number of amides is 2. The molecule has 17 heavy (non-hydrogen) atoms. The molecule has 0 fully saturated rings. The third-order valence-electron chi connectivity index (χ3n) is 2.52. The van der Waals surface area contributed by atoms with Crippen molar-refractivity contribution in [2.45, 2.75) is 52.0 Å². The van der Waals surface area contributed by atoms with Crippen molar-refractivity contribution in [1.82, 2.24) is 10.6 Å². The summed E-state index contributed by atoms with van der Waals surface area (Å²) in [5, 5.41) is 5.93. The molecule has 0 aromatic carbocycles. The Morgan fingerprint density at radius 2 is 1.88 bits per heavy atom. The van der Waals surface area contributed by atoms with Crippen LogP contribution in [0, 0.1) is 0 Å². The van der Waals surface area contributed by atoms with Gasteiger partial charge in [0.25, 0.3) is 0 Å². The topological polar surface area (TPSA) is 84.2 Å². The summed E-state index contributed by atoms with van der Waals surface area (Å²) in [5.41, 5.74) is 5.02. The van der Waals surface area contributed by atoms with Gasteiger partial charge in [-0.05, 0) is 26.3 Å². The van der Waals surface area contributed by atoms with Crippen molar-refractivity contribution in [2.75, 3.05) is 13.1 Å². The van der Waals surface area contributed by atoms with E-state index in [1.807, 2.05) is 6.92 Å². The van der Waals surface area contributed by atoms with E-state index in [4.69, 9.17) is 5.73 Å². The van der Waals surface area contributed by atoms with Gasteiger partial charge in [-0.2, -0.15) is 0 Å². The van der Waals surface area contributed by atoms with Crippen molar-refractivity contribution >= 4 is 11.8 Å². The molecule has 100 valence electrons. The normalized spacial score (nSPS) is 12.1. The van der Waals surface area contributed by atoms with Crippen LogP contribution in [0.15, 0.2) is 0 Å². The maximum absolute atomic E-state index is 11.6. The van der Waals surface area contributed by atoms with Gasteiger partial charge in [-0.25, -0.2) is 0 Å². The summed E-state index contributed by atoms with van der Waals surface area (Å²) in [5.74, 6) is -0.288. The lowest BCUT2D eigenvalue weighted by molar-refractivity contribution is -0.122. The van der Waals surface area contributed by atoms with E-state index in [0.29, 0.717) is 19.4 Å². The van der Waals surface area contributed by atoms with Crippen LogP contribution in [0.4, 0.5) is 0 Å². The van der Waals surface area contributed by atoms with Gasteiger partial charge in [-0.15, -0.1) is 0 Å². The van der Waals surface area contributed by atoms with Crippen molar-refractivity contribution in [1.29, 1.82) is 0 Å².